The maximum Gasteiger partial charge on any atom is 0.461 e. The Bertz CT molecular complexity index is 1500. The van der Waals surface area contributed by atoms with Crippen LogP contribution >= 0.6 is 0 Å². The number of benzene rings is 1. The lowest BCUT2D eigenvalue weighted by Gasteiger charge is -2.38. The van der Waals surface area contributed by atoms with Crippen molar-refractivity contribution in [2.45, 2.75) is 44.9 Å². The van der Waals surface area contributed by atoms with Gasteiger partial charge in [0, 0.05) is 18.3 Å². The van der Waals surface area contributed by atoms with E-state index in [0.29, 0.717) is 0 Å². The molecule has 1 amide bonds. The van der Waals surface area contributed by atoms with Gasteiger partial charge < -0.3 is 10.1 Å². The lowest BCUT2D eigenvalue weighted by Crippen LogP contribution is -2.63. The van der Waals surface area contributed by atoms with Crippen molar-refractivity contribution in [3.05, 3.63) is 52.6 Å². The van der Waals surface area contributed by atoms with Crippen LogP contribution in [-0.4, -0.2) is 58.0 Å². The van der Waals surface area contributed by atoms with Crippen molar-refractivity contribution in [2.24, 2.45) is 0 Å². The van der Waals surface area contributed by atoms with Crippen LogP contribution < -0.4 is 15.7 Å². The molecule has 2 aromatic heterocycles. The Morgan fingerprint density at radius 1 is 1.22 bits per heavy atom. The number of sulfone groups is 1. The predicted octanol–water partition coefficient (Wildman–Crippen LogP) is 2.92. The fourth-order valence-corrected chi connectivity index (χ4v) is 6.19. The zero-order chi connectivity index (χ0) is 26.6. The normalized spacial score (nSPS) is 16.8. The second-order valence-electron chi connectivity index (χ2n) is 9.16. The van der Waals surface area contributed by atoms with Crippen LogP contribution in [0.1, 0.15) is 37.2 Å². The molecule has 1 N–H and O–H groups in total. The van der Waals surface area contributed by atoms with Crippen LogP contribution in [0.4, 0.5) is 17.6 Å². The Labute approximate surface area is 202 Å². The molecule has 9 nitrogen and oxygen atoms in total. The van der Waals surface area contributed by atoms with Crippen molar-refractivity contribution in [2.75, 3.05) is 11.5 Å². The number of hydrogen-bond acceptors (Lipinski definition) is 6. The van der Waals surface area contributed by atoms with E-state index in [-0.39, 0.29) is 33.9 Å². The van der Waals surface area contributed by atoms with E-state index in [4.69, 9.17) is 0 Å². The Hall–Kier alpha value is -3.42. The molecule has 0 atom stereocenters. The number of halogens is 4. The van der Waals surface area contributed by atoms with Crippen LogP contribution in [0.2, 0.25) is 0 Å². The van der Waals surface area contributed by atoms with E-state index in [1.54, 1.807) is 20.8 Å². The van der Waals surface area contributed by atoms with E-state index in [1.165, 1.54) is 29.0 Å². The zero-order valence-corrected chi connectivity index (χ0v) is 20.2. The Kier molecular flexibility index (Phi) is 6.14. The van der Waals surface area contributed by atoms with Crippen molar-refractivity contribution in [3.63, 3.8) is 0 Å². The molecule has 0 spiro atoms. The van der Waals surface area contributed by atoms with Gasteiger partial charge in [0.25, 0.3) is 5.91 Å². The number of aromatic nitrogens is 3. The number of amides is 1. The number of nitrogens with zero attached hydrogens (tertiary/aromatic N) is 3. The average Bonchev–Trinajstić information content (AvgIpc) is 3.02. The molecule has 4 rings (SSSR count). The molecule has 0 saturated carbocycles. The third kappa shape index (κ3) is 4.68. The highest BCUT2D eigenvalue weighted by atomic mass is 32.2. The molecular formula is C22H22F4N4O5S. The first-order chi connectivity index (χ1) is 16.6. The summed E-state index contributed by atoms with van der Waals surface area (Å²) in [4.78, 5) is 30.3. The number of ether oxygens (including phenoxy) is 1. The number of carbonyl (C=O) groups excluding carboxylic acids is 1. The summed E-state index contributed by atoms with van der Waals surface area (Å²) in [6.07, 6.45) is -7.59. The zero-order valence-electron chi connectivity index (χ0n) is 19.3. The molecule has 3 heterocycles. The Morgan fingerprint density at radius 3 is 2.47 bits per heavy atom. The summed E-state index contributed by atoms with van der Waals surface area (Å²) in [5.41, 5.74) is -1.09. The predicted molar refractivity (Wildman–Crippen MR) is 122 cm³/mol. The van der Waals surface area contributed by atoms with Crippen molar-refractivity contribution < 1.29 is 35.5 Å². The van der Waals surface area contributed by atoms with Crippen molar-refractivity contribution >= 4 is 26.9 Å². The lowest BCUT2D eigenvalue weighted by atomic mass is 10.1. The molecular weight excluding hydrogens is 508 g/mol. The highest BCUT2D eigenvalue weighted by molar-refractivity contribution is 7.93. The fraction of sp³-hybridized carbons (Fsp3) is 0.409. The monoisotopic (exact) mass is 530 g/mol. The summed E-state index contributed by atoms with van der Waals surface area (Å²) in [6, 6.07) is 5.70. The molecule has 0 unspecified atom stereocenters. The number of nitrogens with one attached hydrogen (secondary N) is 1. The largest absolute Gasteiger partial charge is 0.461 e. The molecule has 0 radical (unpaired) electrons. The molecule has 36 heavy (non-hydrogen) atoms. The van der Waals surface area contributed by atoms with Gasteiger partial charge in [-0.15, -0.1) is 0 Å². The highest BCUT2D eigenvalue weighted by Crippen LogP contribution is 2.29. The van der Waals surface area contributed by atoms with Crippen LogP contribution in [0.15, 0.2) is 41.3 Å². The van der Waals surface area contributed by atoms with E-state index in [1.807, 2.05) is 0 Å². The average molecular weight is 531 g/mol. The fourth-order valence-electron chi connectivity index (χ4n) is 4.19. The van der Waals surface area contributed by atoms with Gasteiger partial charge in [0.15, 0.2) is 15.5 Å². The molecule has 14 heteroatoms. The van der Waals surface area contributed by atoms with Gasteiger partial charge in [0.05, 0.1) is 33.8 Å². The summed E-state index contributed by atoms with van der Waals surface area (Å²) < 4.78 is 81.5. The third-order valence-electron chi connectivity index (χ3n) is 5.57. The van der Waals surface area contributed by atoms with Crippen LogP contribution in [0.25, 0.3) is 16.9 Å². The van der Waals surface area contributed by atoms with E-state index in [2.05, 4.69) is 15.0 Å². The summed E-state index contributed by atoms with van der Waals surface area (Å²) in [6.45, 7) is 5.02. The molecule has 1 fully saturated rings. The highest BCUT2D eigenvalue weighted by Gasteiger charge is 2.46. The number of rotatable bonds is 7. The van der Waals surface area contributed by atoms with Gasteiger partial charge in [-0.05, 0) is 39.0 Å². The van der Waals surface area contributed by atoms with Gasteiger partial charge in [-0.2, -0.15) is 17.6 Å². The first-order valence-corrected chi connectivity index (χ1v) is 12.6. The van der Waals surface area contributed by atoms with Crippen LogP contribution in [0.5, 0.6) is 5.75 Å². The minimum Gasteiger partial charge on any atom is -0.428 e. The molecule has 0 bridgehead atoms. The number of fused-ring (bicyclic) bond motifs is 1. The van der Waals surface area contributed by atoms with E-state index in [0.717, 1.165) is 16.7 Å². The first kappa shape index (κ1) is 25.7. The van der Waals surface area contributed by atoms with Gasteiger partial charge in [0.1, 0.15) is 5.75 Å². The molecule has 1 aliphatic rings. The molecule has 3 aromatic rings. The Morgan fingerprint density at radius 2 is 1.89 bits per heavy atom. The summed E-state index contributed by atoms with van der Waals surface area (Å²) in [5, 5.41) is 2.67. The smallest absolute Gasteiger partial charge is 0.428 e. The third-order valence-corrected chi connectivity index (χ3v) is 7.72. The second-order valence-corrected chi connectivity index (χ2v) is 11.2. The minimum absolute atomic E-state index is 0.0313. The Balaban J connectivity index is 1.76. The molecule has 1 saturated heterocycles. The number of imidazole rings is 1. The first-order valence-electron chi connectivity index (χ1n) is 10.7. The van der Waals surface area contributed by atoms with Gasteiger partial charge >= 0.3 is 18.2 Å². The maximum absolute atomic E-state index is 13.4. The van der Waals surface area contributed by atoms with Gasteiger partial charge in [-0.3, -0.25) is 9.36 Å². The SMILES string of the molecule is CC(C)n1c(=O)n(-c2cccc(OC(F)(F)C(F)F)c2)c2ncc(C(=O)NC3(C)CS(=O)(=O)C3)cc21. The quantitative estimate of drug-likeness (QED) is 0.470. The van der Waals surface area contributed by atoms with E-state index < -0.39 is 51.3 Å². The van der Waals surface area contributed by atoms with Crippen molar-refractivity contribution in [1.82, 2.24) is 19.4 Å². The number of hydrogen-bond donors (Lipinski definition) is 1. The lowest BCUT2D eigenvalue weighted by molar-refractivity contribution is -0.253. The molecule has 1 aliphatic heterocycles. The van der Waals surface area contributed by atoms with Crippen LogP contribution in [0, 0.1) is 0 Å². The van der Waals surface area contributed by atoms with E-state index >= 15 is 0 Å². The number of pyridine rings is 1. The van der Waals surface area contributed by atoms with Gasteiger partial charge in [-0.1, -0.05) is 6.07 Å². The van der Waals surface area contributed by atoms with Crippen molar-refractivity contribution in [1.29, 1.82) is 0 Å². The maximum atomic E-state index is 13.4. The van der Waals surface area contributed by atoms with Gasteiger partial charge in [0.2, 0.25) is 0 Å². The summed E-state index contributed by atoms with van der Waals surface area (Å²) >= 11 is 0. The van der Waals surface area contributed by atoms with Crippen LogP contribution in [-0.2, 0) is 9.84 Å². The molecule has 1 aromatic carbocycles. The topological polar surface area (TPSA) is 112 Å². The van der Waals surface area contributed by atoms with Crippen LogP contribution in [0.3, 0.4) is 0 Å². The molecule has 0 aliphatic carbocycles. The summed E-state index contributed by atoms with van der Waals surface area (Å²) in [5.74, 6) is -1.56. The molecule has 194 valence electrons. The van der Waals surface area contributed by atoms with E-state index in [9.17, 15) is 35.6 Å². The standard InChI is InChI=1S/C22H22F4N4O5S/c1-12(2)29-16-7-13(18(31)28-21(3)10-36(33,34)11-21)9-27-17(16)30(20(29)32)14-5-4-6-15(8-14)35-22(25,26)19(23)24/h4-9,12,19H,10-11H2,1-3H3,(H,28,31). The van der Waals surface area contributed by atoms with Gasteiger partial charge in [-0.25, -0.2) is 22.8 Å². The number of alkyl halides is 4. The second kappa shape index (κ2) is 8.61. The van der Waals surface area contributed by atoms with Crippen molar-refractivity contribution in [3.8, 4) is 11.4 Å². The minimum atomic E-state index is -4.73. The number of carbonyl (C=O) groups is 1. The summed E-state index contributed by atoms with van der Waals surface area (Å²) in [7, 11) is -3.20.